The number of nitrogen functional groups attached to an aromatic ring is 1. The first-order chi connectivity index (χ1) is 22.5. The molecule has 0 spiro atoms. The quantitative estimate of drug-likeness (QED) is 0.190. The summed E-state index contributed by atoms with van der Waals surface area (Å²) in [5.41, 5.74) is 4.66. The topological polar surface area (TPSA) is 89.6 Å². The number of aromatic nitrogens is 3. The van der Waals surface area contributed by atoms with Crippen LogP contribution in [0.1, 0.15) is 34.0 Å². The van der Waals surface area contributed by atoms with Crippen molar-refractivity contribution in [3.8, 4) is 29.6 Å². The second kappa shape index (κ2) is 10.4. The molecule has 4 aliphatic rings. The van der Waals surface area contributed by atoms with E-state index in [1.807, 2.05) is 0 Å². The smallest absolute Gasteiger partial charge is 0.319 e. The maximum atomic E-state index is 16.9. The summed E-state index contributed by atoms with van der Waals surface area (Å²) in [5, 5.41) is 0.821. The third-order valence-electron chi connectivity index (χ3n) is 9.39. The van der Waals surface area contributed by atoms with Gasteiger partial charge < -0.3 is 20.1 Å². The molecule has 0 amide bonds. The molecule has 5 heterocycles. The lowest BCUT2D eigenvalue weighted by Crippen LogP contribution is -2.43. The van der Waals surface area contributed by atoms with Crippen LogP contribution in [0.5, 0.6) is 6.01 Å². The van der Waals surface area contributed by atoms with Crippen molar-refractivity contribution >= 4 is 33.2 Å². The van der Waals surface area contributed by atoms with Gasteiger partial charge in [0.15, 0.2) is 12.0 Å². The summed E-state index contributed by atoms with van der Waals surface area (Å²) in [5.74, 6) is 0.812. The number of rotatable bonds is 5. The van der Waals surface area contributed by atoms with E-state index in [0.29, 0.717) is 44.3 Å². The van der Waals surface area contributed by atoms with Crippen LogP contribution in [-0.4, -0.2) is 82.7 Å². The van der Waals surface area contributed by atoms with Crippen molar-refractivity contribution in [2.75, 3.05) is 43.4 Å². The zero-order valence-corrected chi connectivity index (χ0v) is 24.1. The molecular weight excluding hydrogens is 588 g/mol. The third kappa shape index (κ3) is 4.47. The van der Waals surface area contributed by atoms with E-state index in [1.54, 1.807) is 15.9 Å². The molecule has 3 saturated heterocycles. The van der Waals surface area contributed by atoms with Crippen molar-refractivity contribution in [3.05, 3.63) is 47.7 Å². The summed E-state index contributed by atoms with van der Waals surface area (Å²) in [6, 6.07) is 4.51. The lowest BCUT2D eigenvalue weighted by Gasteiger charge is -2.31. The van der Waals surface area contributed by atoms with Crippen LogP contribution in [0, 0.1) is 24.0 Å². The normalized spacial score (nSPS) is 28.7. The number of ether oxygens (including phenoxy) is 2. The van der Waals surface area contributed by atoms with E-state index in [0.717, 1.165) is 0 Å². The molecule has 8 nitrogen and oxygen atoms in total. The van der Waals surface area contributed by atoms with Crippen LogP contribution in [0.15, 0.2) is 30.5 Å². The fraction of sp³-hybridized carbons (Fsp3) is 0.424. The highest BCUT2D eigenvalue weighted by atomic mass is 19.1. The number of nitrogens with zero attached hydrogens (tertiary/aromatic N) is 5. The number of hydrogen-bond acceptors (Lipinski definition) is 8. The van der Waals surface area contributed by atoms with E-state index in [9.17, 15) is 13.2 Å². The molecule has 4 aromatic rings. The number of halogens is 4. The van der Waals surface area contributed by atoms with Crippen molar-refractivity contribution in [1.29, 1.82) is 0 Å². The van der Waals surface area contributed by atoms with E-state index in [4.69, 9.17) is 24.4 Å². The van der Waals surface area contributed by atoms with Crippen LogP contribution in [0.4, 0.5) is 29.1 Å². The van der Waals surface area contributed by atoms with Crippen molar-refractivity contribution in [3.63, 3.8) is 0 Å². The predicted molar refractivity (Wildman–Crippen MR) is 161 cm³/mol. The molecule has 4 fully saturated rings. The second-order valence-corrected chi connectivity index (χ2v) is 12.2. The molecule has 232 valence electrons. The molecule has 2 N–H and O–H groups in total. The summed E-state index contributed by atoms with van der Waals surface area (Å²) >= 11 is 0. The summed E-state index contributed by atoms with van der Waals surface area (Å²) < 4.78 is 90.8. The molecule has 2 aromatic carbocycles. The average Bonchev–Trinajstić information content (AvgIpc) is 3.39. The fourth-order valence-electron chi connectivity index (χ4n) is 7.29. The van der Waals surface area contributed by atoms with Crippen LogP contribution >= 0.6 is 0 Å². The molecule has 8 rings (SSSR count). The van der Waals surface area contributed by atoms with E-state index >= 15 is 4.39 Å². The molecule has 0 radical (unpaired) electrons. The number of anilines is 2. The Labute approximate surface area is 259 Å². The fourth-order valence-corrected chi connectivity index (χ4v) is 7.29. The van der Waals surface area contributed by atoms with Crippen molar-refractivity contribution < 1.29 is 29.8 Å². The number of nitrogens with two attached hydrogens (primary N) is 1. The average molecular weight is 621 g/mol. The molecule has 1 aliphatic carbocycles. The van der Waals surface area contributed by atoms with Crippen molar-refractivity contribution in [2.45, 2.75) is 55.7 Å². The summed E-state index contributed by atoms with van der Waals surface area (Å²) in [6.07, 6.45) is 5.24. The molecule has 0 bridgehead atoms. The minimum Gasteiger partial charge on any atom is -0.461 e. The van der Waals surface area contributed by atoms with Crippen LogP contribution in [0.3, 0.4) is 0 Å². The van der Waals surface area contributed by atoms with Crippen LogP contribution in [-0.2, 0) is 4.74 Å². The number of terminal acetylenes is 1. The van der Waals surface area contributed by atoms with E-state index in [1.165, 1.54) is 24.4 Å². The van der Waals surface area contributed by atoms with E-state index in [2.05, 4.69) is 20.9 Å². The maximum Gasteiger partial charge on any atom is 0.319 e. The molecule has 2 aromatic heterocycles. The SMILES string of the molecule is [2H]C([2H])(Oc1nc(N2CCCO[C@H]3[C@@H](F)[C@H]32)c2cnc(-c3cc(N)cc4ccc(F)c(C#C)c34)c(F)c2n1)[C@@]12CCCN1C[C@H](F)C2. The molecule has 45 heavy (non-hydrogen) atoms. The number of hydrogen-bond donors (Lipinski definition) is 1. The van der Waals surface area contributed by atoms with Crippen LogP contribution < -0.4 is 15.4 Å². The maximum absolute atomic E-state index is 16.9. The number of benzene rings is 2. The third-order valence-corrected chi connectivity index (χ3v) is 9.39. The highest BCUT2D eigenvalue weighted by Gasteiger charge is 2.58. The van der Waals surface area contributed by atoms with Crippen LogP contribution in [0.25, 0.3) is 32.9 Å². The Balaban J connectivity index is 1.32. The molecular formula is C33H30F4N6O2. The number of alkyl halides is 2. The Morgan fingerprint density at radius 3 is 2.91 bits per heavy atom. The highest BCUT2D eigenvalue weighted by Crippen LogP contribution is 2.44. The van der Waals surface area contributed by atoms with Crippen molar-refractivity contribution in [2.24, 2.45) is 0 Å². The van der Waals surface area contributed by atoms with Gasteiger partial charge in [0.25, 0.3) is 0 Å². The highest BCUT2D eigenvalue weighted by molar-refractivity contribution is 6.03. The predicted octanol–water partition coefficient (Wildman–Crippen LogP) is 4.96. The first-order valence-electron chi connectivity index (χ1n) is 16.0. The van der Waals surface area contributed by atoms with Gasteiger partial charge in [0, 0.05) is 49.0 Å². The standard InChI is InChI=1S/C33H30F4N6O2/c1-2-20-23(35)6-5-17-11-19(38)12-21(24(17)20)27-25(36)28-22(14-39-27)31(43-9-4-10-44-30-26(37)29(30)43)41-32(40-28)45-16-33-7-3-8-42(33)15-18(34)13-33/h1,5-6,11-12,14,18,26,29-30H,3-4,7-10,13,15-16,38H2/t18-,26+,29-,30+,33+/m1/s1/i16D2. The Hall–Kier alpha value is -4.21. The summed E-state index contributed by atoms with van der Waals surface area (Å²) in [6.45, 7) is -1.23. The molecule has 0 unspecified atom stereocenters. The monoisotopic (exact) mass is 620 g/mol. The Morgan fingerprint density at radius 2 is 2.07 bits per heavy atom. The molecule has 3 aliphatic heterocycles. The minimum atomic E-state index is -2.46. The molecule has 12 heteroatoms. The van der Waals surface area contributed by atoms with Gasteiger partial charge in [-0.15, -0.1) is 6.42 Å². The Bertz CT molecular complexity index is 2000. The van der Waals surface area contributed by atoms with Gasteiger partial charge in [-0.2, -0.15) is 9.97 Å². The van der Waals surface area contributed by atoms with Gasteiger partial charge in [-0.05, 0) is 49.4 Å². The van der Waals surface area contributed by atoms with Crippen molar-refractivity contribution in [1.82, 2.24) is 19.9 Å². The number of pyridine rings is 1. The van der Waals surface area contributed by atoms with Gasteiger partial charge in [-0.25, -0.2) is 17.6 Å². The first kappa shape index (κ1) is 26.1. The zero-order valence-electron chi connectivity index (χ0n) is 26.1. The molecule has 5 atom stereocenters. The largest absolute Gasteiger partial charge is 0.461 e. The lowest BCUT2D eigenvalue weighted by molar-refractivity contribution is 0.105. The van der Waals surface area contributed by atoms with Gasteiger partial charge in [0.1, 0.15) is 41.7 Å². The summed E-state index contributed by atoms with van der Waals surface area (Å²) in [4.78, 5) is 16.7. The van der Waals surface area contributed by atoms with Gasteiger partial charge in [-0.3, -0.25) is 9.88 Å². The van der Waals surface area contributed by atoms with Gasteiger partial charge in [0.05, 0.1) is 25.3 Å². The van der Waals surface area contributed by atoms with Gasteiger partial charge in [0.2, 0.25) is 0 Å². The minimum absolute atomic E-state index is 0.0732. The Morgan fingerprint density at radius 1 is 1.20 bits per heavy atom. The Kier molecular flexibility index (Phi) is 6.03. The van der Waals surface area contributed by atoms with Gasteiger partial charge in [-0.1, -0.05) is 12.0 Å². The van der Waals surface area contributed by atoms with E-state index < -0.39 is 54.2 Å². The van der Waals surface area contributed by atoms with E-state index in [-0.39, 0.29) is 57.6 Å². The van der Waals surface area contributed by atoms with Gasteiger partial charge >= 0.3 is 6.01 Å². The second-order valence-electron chi connectivity index (χ2n) is 12.2. The zero-order chi connectivity index (χ0) is 32.8. The summed E-state index contributed by atoms with van der Waals surface area (Å²) in [7, 11) is 0. The first-order valence-corrected chi connectivity index (χ1v) is 15.0. The number of fused-ring (bicyclic) bond motifs is 4. The molecule has 1 saturated carbocycles. The lowest BCUT2D eigenvalue weighted by atomic mass is 9.95. The van der Waals surface area contributed by atoms with Crippen LogP contribution in [0.2, 0.25) is 0 Å².